The van der Waals surface area contributed by atoms with Crippen LogP contribution in [0.1, 0.15) is 44.7 Å². The van der Waals surface area contributed by atoms with Crippen molar-refractivity contribution in [3.05, 3.63) is 35.1 Å². The standard InChI is InChI=1S/C14H19FN2/c1-4-14(3,5-2)17-10-12-8-6-7-11(9-16)13(12)15/h6-8,17H,4-5,10H2,1-3H3. The van der Waals surface area contributed by atoms with Gasteiger partial charge in [-0.15, -0.1) is 0 Å². The van der Waals surface area contributed by atoms with Gasteiger partial charge in [0.05, 0.1) is 5.56 Å². The van der Waals surface area contributed by atoms with Gasteiger partial charge in [-0.2, -0.15) is 5.26 Å². The Kier molecular flexibility index (Phi) is 4.65. The number of benzene rings is 1. The Bertz CT molecular complexity index is 417. The first-order valence-electron chi connectivity index (χ1n) is 5.99. The molecule has 0 atom stereocenters. The second kappa shape index (κ2) is 5.79. The molecule has 0 aromatic heterocycles. The summed E-state index contributed by atoms with van der Waals surface area (Å²) in [4.78, 5) is 0. The van der Waals surface area contributed by atoms with E-state index in [9.17, 15) is 4.39 Å². The van der Waals surface area contributed by atoms with Crippen molar-refractivity contribution in [3.63, 3.8) is 0 Å². The number of nitriles is 1. The van der Waals surface area contributed by atoms with Crippen molar-refractivity contribution in [2.45, 2.75) is 45.7 Å². The van der Waals surface area contributed by atoms with Crippen molar-refractivity contribution in [1.82, 2.24) is 5.32 Å². The van der Waals surface area contributed by atoms with Gasteiger partial charge in [-0.05, 0) is 25.8 Å². The van der Waals surface area contributed by atoms with Gasteiger partial charge in [0.15, 0.2) is 0 Å². The fourth-order valence-corrected chi connectivity index (χ4v) is 1.61. The minimum Gasteiger partial charge on any atom is -0.307 e. The zero-order valence-corrected chi connectivity index (χ0v) is 10.7. The number of hydrogen-bond donors (Lipinski definition) is 1. The van der Waals surface area contributed by atoms with Crippen molar-refractivity contribution >= 4 is 0 Å². The summed E-state index contributed by atoms with van der Waals surface area (Å²) in [5.41, 5.74) is 0.686. The van der Waals surface area contributed by atoms with Gasteiger partial charge in [0.2, 0.25) is 0 Å². The van der Waals surface area contributed by atoms with Crippen LogP contribution in [0.3, 0.4) is 0 Å². The molecule has 0 heterocycles. The zero-order valence-electron chi connectivity index (χ0n) is 10.7. The van der Waals surface area contributed by atoms with Crippen molar-refractivity contribution in [2.24, 2.45) is 0 Å². The topological polar surface area (TPSA) is 35.8 Å². The Morgan fingerprint density at radius 2 is 2.00 bits per heavy atom. The maximum absolute atomic E-state index is 13.8. The maximum Gasteiger partial charge on any atom is 0.145 e. The third-order valence-corrected chi connectivity index (χ3v) is 3.47. The average molecular weight is 234 g/mol. The van der Waals surface area contributed by atoms with Gasteiger partial charge >= 0.3 is 0 Å². The minimum absolute atomic E-state index is 0.0229. The van der Waals surface area contributed by atoms with E-state index in [2.05, 4.69) is 26.1 Å². The van der Waals surface area contributed by atoms with Crippen LogP contribution in [0.25, 0.3) is 0 Å². The molecule has 0 spiro atoms. The average Bonchev–Trinajstić information content (AvgIpc) is 2.37. The van der Waals surface area contributed by atoms with E-state index in [-0.39, 0.29) is 11.1 Å². The Morgan fingerprint density at radius 3 is 2.53 bits per heavy atom. The molecular weight excluding hydrogens is 215 g/mol. The van der Waals surface area contributed by atoms with E-state index in [1.165, 1.54) is 6.07 Å². The quantitative estimate of drug-likeness (QED) is 0.848. The lowest BCUT2D eigenvalue weighted by atomic mass is 9.95. The van der Waals surface area contributed by atoms with Gasteiger partial charge in [0, 0.05) is 17.6 Å². The SMILES string of the molecule is CCC(C)(CC)NCc1cccc(C#N)c1F. The second-order valence-corrected chi connectivity index (χ2v) is 4.51. The lowest BCUT2D eigenvalue weighted by Gasteiger charge is -2.28. The first kappa shape index (κ1) is 13.7. The number of halogens is 1. The molecule has 92 valence electrons. The summed E-state index contributed by atoms with van der Waals surface area (Å²) >= 11 is 0. The van der Waals surface area contributed by atoms with Gasteiger partial charge in [-0.25, -0.2) is 4.39 Å². The molecule has 0 bridgehead atoms. The molecule has 1 rings (SSSR count). The highest BCUT2D eigenvalue weighted by Crippen LogP contribution is 2.17. The molecular formula is C14H19FN2. The van der Waals surface area contributed by atoms with Gasteiger partial charge in [0.25, 0.3) is 0 Å². The molecule has 0 saturated carbocycles. The van der Waals surface area contributed by atoms with Crippen molar-refractivity contribution in [3.8, 4) is 6.07 Å². The molecule has 0 fully saturated rings. The summed E-state index contributed by atoms with van der Waals surface area (Å²) in [6.07, 6.45) is 1.98. The lowest BCUT2D eigenvalue weighted by molar-refractivity contribution is 0.327. The molecule has 1 N–H and O–H groups in total. The zero-order chi connectivity index (χ0) is 12.9. The Labute approximate surface area is 102 Å². The first-order chi connectivity index (χ1) is 8.06. The molecule has 0 amide bonds. The molecule has 3 heteroatoms. The molecule has 1 aromatic carbocycles. The van der Waals surface area contributed by atoms with Crippen LogP contribution in [0.5, 0.6) is 0 Å². The van der Waals surface area contributed by atoms with Crippen molar-refractivity contribution < 1.29 is 4.39 Å². The highest BCUT2D eigenvalue weighted by atomic mass is 19.1. The van der Waals surface area contributed by atoms with Gasteiger partial charge in [0.1, 0.15) is 11.9 Å². The van der Waals surface area contributed by atoms with Crippen LogP contribution in [-0.2, 0) is 6.54 Å². The first-order valence-corrected chi connectivity index (χ1v) is 5.99. The van der Waals surface area contributed by atoms with Crippen LogP contribution in [0, 0.1) is 17.1 Å². The predicted octanol–water partition coefficient (Wildman–Crippen LogP) is 3.37. The number of nitrogens with one attached hydrogen (secondary N) is 1. The largest absolute Gasteiger partial charge is 0.307 e. The summed E-state index contributed by atoms with van der Waals surface area (Å²) in [5, 5.41) is 12.1. The fraction of sp³-hybridized carbons (Fsp3) is 0.500. The Balaban J connectivity index is 2.80. The fourth-order valence-electron chi connectivity index (χ4n) is 1.61. The van der Waals surface area contributed by atoms with Crippen LogP contribution < -0.4 is 5.32 Å². The second-order valence-electron chi connectivity index (χ2n) is 4.51. The number of nitrogens with zero attached hydrogens (tertiary/aromatic N) is 1. The molecule has 0 aliphatic carbocycles. The summed E-state index contributed by atoms with van der Waals surface area (Å²) in [5.74, 6) is -0.406. The van der Waals surface area contributed by atoms with Crippen molar-refractivity contribution in [1.29, 1.82) is 5.26 Å². The van der Waals surface area contributed by atoms with E-state index < -0.39 is 5.82 Å². The van der Waals surface area contributed by atoms with Crippen LogP contribution in [0.4, 0.5) is 4.39 Å². The van der Waals surface area contributed by atoms with Crippen molar-refractivity contribution in [2.75, 3.05) is 0 Å². The van der Waals surface area contributed by atoms with Gasteiger partial charge in [-0.3, -0.25) is 0 Å². The molecule has 1 aromatic rings. The summed E-state index contributed by atoms with van der Waals surface area (Å²) in [6.45, 7) is 6.80. The maximum atomic E-state index is 13.8. The van der Waals surface area contributed by atoms with Crippen LogP contribution in [0.15, 0.2) is 18.2 Å². The molecule has 2 nitrogen and oxygen atoms in total. The van der Waals surface area contributed by atoms with Crippen LogP contribution >= 0.6 is 0 Å². The lowest BCUT2D eigenvalue weighted by Crippen LogP contribution is -2.40. The van der Waals surface area contributed by atoms with E-state index in [1.54, 1.807) is 12.1 Å². The Morgan fingerprint density at radius 1 is 1.35 bits per heavy atom. The smallest absolute Gasteiger partial charge is 0.145 e. The molecule has 0 aliphatic rings. The van der Waals surface area contributed by atoms with E-state index in [0.717, 1.165) is 12.8 Å². The molecule has 17 heavy (non-hydrogen) atoms. The van der Waals surface area contributed by atoms with E-state index in [4.69, 9.17) is 5.26 Å². The monoisotopic (exact) mass is 234 g/mol. The van der Waals surface area contributed by atoms with Gasteiger partial charge < -0.3 is 5.32 Å². The van der Waals surface area contributed by atoms with Crippen LogP contribution in [-0.4, -0.2) is 5.54 Å². The number of rotatable bonds is 5. The highest BCUT2D eigenvalue weighted by molar-refractivity contribution is 5.34. The number of hydrogen-bond acceptors (Lipinski definition) is 2. The summed E-state index contributed by atoms with van der Waals surface area (Å²) < 4.78 is 13.8. The highest BCUT2D eigenvalue weighted by Gasteiger charge is 2.19. The molecule has 0 saturated heterocycles. The van der Waals surface area contributed by atoms with Crippen LogP contribution in [0.2, 0.25) is 0 Å². The summed E-state index contributed by atoms with van der Waals surface area (Å²) in [7, 11) is 0. The molecule has 0 aliphatic heterocycles. The molecule has 0 radical (unpaired) electrons. The van der Waals surface area contributed by atoms with E-state index >= 15 is 0 Å². The minimum atomic E-state index is -0.406. The van der Waals surface area contributed by atoms with E-state index in [0.29, 0.717) is 12.1 Å². The normalized spacial score (nSPS) is 11.2. The Hall–Kier alpha value is -1.40. The third kappa shape index (κ3) is 3.28. The predicted molar refractivity (Wildman–Crippen MR) is 66.9 cm³/mol. The molecule has 0 unspecified atom stereocenters. The van der Waals surface area contributed by atoms with E-state index in [1.807, 2.05) is 6.07 Å². The third-order valence-electron chi connectivity index (χ3n) is 3.47. The summed E-state index contributed by atoms with van der Waals surface area (Å²) in [6, 6.07) is 6.79. The van der Waals surface area contributed by atoms with Gasteiger partial charge in [-0.1, -0.05) is 26.0 Å².